The number of piperazine rings is 1. The molecule has 3 aliphatic heterocycles. The molecule has 212 valence electrons. The van der Waals surface area contributed by atoms with E-state index in [9.17, 15) is 27.6 Å². The predicted octanol–water partition coefficient (Wildman–Crippen LogP) is -0.891. The summed E-state index contributed by atoms with van der Waals surface area (Å²) in [5.41, 5.74) is 7.31. The Morgan fingerprint density at radius 2 is 1.74 bits per heavy atom. The van der Waals surface area contributed by atoms with Gasteiger partial charge in [-0.15, -0.1) is 0 Å². The molecule has 2 aromatic rings. The Hall–Kier alpha value is -3.07. The summed E-state index contributed by atoms with van der Waals surface area (Å²) in [6.45, 7) is 2.64. The van der Waals surface area contributed by atoms with Gasteiger partial charge < -0.3 is 10.6 Å². The number of nitrogens with zero attached hydrogens (tertiary/aromatic N) is 5. The zero-order valence-electron chi connectivity index (χ0n) is 22.0. The van der Waals surface area contributed by atoms with Crippen LogP contribution >= 0.6 is 0 Å². The fourth-order valence-electron chi connectivity index (χ4n) is 5.69. The molecule has 1 unspecified atom stereocenters. The van der Waals surface area contributed by atoms with E-state index in [0.717, 1.165) is 0 Å². The lowest BCUT2D eigenvalue weighted by Crippen LogP contribution is -2.51. The molecule has 39 heavy (non-hydrogen) atoms. The highest BCUT2D eigenvalue weighted by Gasteiger charge is 2.32. The van der Waals surface area contributed by atoms with Gasteiger partial charge in [-0.3, -0.25) is 33.7 Å². The van der Waals surface area contributed by atoms with Crippen molar-refractivity contribution in [2.45, 2.75) is 44.2 Å². The third-order valence-electron chi connectivity index (χ3n) is 7.97. The average molecular weight is 562 g/mol. The Labute approximate surface area is 226 Å². The molecule has 1 aromatic carbocycles. The number of nitrogens with one attached hydrogen (secondary N) is 1. The van der Waals surface area contributed by atoms with Gasteiger partial charge in [-0.1, -0.05) is 0 Å². The predicted molar refractivity (Wildman–Crippen MR) is 145 cm³/mol. The van der Waals surface area contributed by atoms with Crippen LogP contribution in [0, 0.1) is 0 Å². The van der Waals surface area contributed by atoms with Crippen molar-refractivity contribution < 1.29 is 22.8 Å². The minimum atomic E-state index is -3.33. The maximum absolute atomic E-state index is 13.0. The van der Waals surface area contributed by atoms with Crippen molar-refractivity contribution in [2.24, 2.45) is 12.8 Å². The fraction of sp³-hybridized carbons (Fsp3) is 0.600. The van der Waals surface area contributed by atoms with Gasteiger partial charge in [0.25, 0.3) is 0 Å². The summed E-state index contributed by atoms with van der Waals surface area (Å²) < 4.78 is 29.7. The number of rotatable bonds is 7. The van der Waals surface area contributed by atoms with Gasteiger partial charge in [-0.25, -0.2) is 17.5 Å². The van der Waals surface area contributed by atoms with Crippen molar-refractivity contribution in [2.75, 3.05) is 49.9 Å². The number of amides is 3. The SMILES string of the molecule is Cn1c(=O)n(C2CCC(=O)NC2=O)c2ccc(N3CCN(CCCS(=O)(=O)N4CCC(N)CC4)CC3=O)cc21. The molecule has 4 heterocycles. The van der Waals surface area contributed by atoms with Crippen molar-refractivity contribution in [3.8, 4) is 0 Å². The lowest BCUT2D eigenvalue weighted by molar-refractivity contribution is -0.135. The van der Waals surface area contributed by atoms with Crippen molar-refractivity contribution in [3.63, 3.8) is 0 Å². The average Bonchev–Trinajstić information content (AvgIpc) is 3.13. The number of aromatic nitrogens is 2. The van der Waals surface area contributed by atoms with Crippen molar-refractivity contribution in [1.82, 2.24) is 23.7 Å². The molecule has 5 rings (SSSR count). The van der Waals surface area contributed by atoms with Crippen LogP contribution in [-0.2, 0) is 31.5 Å². The number of anilines is 1. The largest absolute Gasteiger partial charge is 0.329 e. The van der Waals surface area contributed by atoms with E-state index in [1.54, 1.807) is 30.1 Å². The van der Waals surface area contributed by atoms with Crippen LogP contribution in [0.4, 0.5) is 5.69 Å². The summed E-state index contributed by atoms with van der Waals surface area (Å²) in [5.74, 6) is -0.906. The molecule has 0 bridgehead atoms. The Morgan fingerprint density at radius 3 is 2.44 bits per heavy atom. The van der Waals surface area contributed by atoms with E-state index in [1.807, 2.05) is 4.90 Å². The Bertz CT molecular complexity index is 1460. The minimum absolute atomic E-state index is 0.0471. The van der Waals surface area contributed by atoms with E-state index in [0.29, 0.717) is 68.7 Å². The zero-order valence-corrected chi connectivity index (χ0v) is 22.9. The molecular formula is C25H35N7O6S. The smallest absolute Gasteiger partial charge is 0.328 e. The molecule has 0 aliphatic carbocycles. The van der Waals surface area contributed by atoms with Crippen LogP contribution in [0.25, 0.3) is 11.0 Å². The number of aryl methyl sites for hydroxylation is 1. The normalized spacial score (nSPS) is 22.6. The highest BCUT2D eigenvalue weighted by Crippen LogP contribution is 2.27. The van der Waals surface area contributed by atoms with Gasteiger partial charge in [0, 0.05) is 51.4 Å². The van der Waals surface area contributed by atoms with Crippen LogP contribution in [0.15, 0.2) is 23.0 Å². The topological polar surface area (TPSA) is 160 Å². The number of nitrogens with two attached hydrogens (primary N) is 1. The van der Waals surface area contributed by atoms with Crippen LogP contribution in [-0.4, -0.2) is 95.5 Å². The third-order valence-corrected chi connectivity index (χ3v) is 9.93. The number of carbonyl (C=O) groups is 3. The quantitative estimate of drug-likeness (QED) is 0.412. The van der Waals surface area contributed by atoms with E-state index < -0.39 is 22.0 Å². The van der Waals surface area contributed by atoms with Gasteiger partial charge >= 0.3 is 5.69 Å². The molecule has 0 spiro atoms. The monoisotopic (exact) mass is 561 g/mol. The van der Waals surface area contributed by atoms with Gasteiger partial charge in [-0.05, 0) is 50.4 Å². The second-order valence-corrected chi connectivity index (χ2v) is 12.7. The first-order valence-electron chi connectivity index (χ1n) is 13.4. The maximum Gasteiger partial charge on any atom is 0.329 e. The van der Waals surface area contributed by atoms with Crippen molar-refractivity contribution in [1.29, 1.82) is 0 Å². The van der Waals surface area contributed by atoms with Crippen LogP contribution in [0.5, 0.6) is 0 Å². The van der Waals surface area contributed by atoms with Gasteiger partial charge in [0.05, 0.1) is 23.3 Å². The second-order valence-electron chi connectivity index (χ2n) is 10.6. The summed E-state index contributed by atoms with van der Waals surface area (Å²) in [5, 5.41) is 2.30. The number of benzene rings is 1. The number of imide groups is 1. The van der Waals surface area contributed by atoms with E-state index in [4.69, 9.17) is 5.73 Å². The lowest BCUT2D eigenvalue weighted by atomic mass is 10.1. The Morgan fingerprint density at radius 1 is 1.00 bits per heavy atom. The number of hydrogen-bond donors (Lipinski definition) is 2. The molecule has 14 heteroatoms. The van der Waals surface area contributed by atoms with Gasteiger partial charge in [-0.2, -0.15) is 0 Å². The van der Waals surface area contributed by atoms with Crippen molar-refractivity contribution in [3.05, 3.63) is 28.7 Å². The van der Waals surface area contributed by atoms with Crippen LogP contribution in [0.1, 0.15) is 38.1 Å². The lowest BCUT2D eigenvalue weighted by Gasteiger charge is -2.34. The van der Waals surface area contributed by atoms with Gasteiger partial charge in [0.15, 0.2) is 0 Å². The molecule has 13 nitrogen and oxygen atoms in total. The van der Waals surface area contributed by atoms with Crippen LogP contribution < -0.4 is 21.6 Å². The highest BCUT2D eigenvalue weighted by molar-refractivity contribution is 7.89. The van der Waals surface area contributed by atoms with E-state index in [2.05, 4.69) is 5.32 Å². The summed E-state index contributed by atoms with van der Waals surface area (Å²) >= 11 is 0. The number of imidazole rings is 1. The summed E-state index contributed by atoms with van der Waals surface area (Å²) in [7, 11) is -1.72. The minimum Gasteiger partial charge on any atom is -0.328 e. The van der Waals surface area contributed by atoms with Gasteiger partial charge in [0.1, 0.15) is 6.04 Å². The molecule has 3 fully saturated rings. The molecule has 3 amide bonds. The first-order chi connectivity index (χ1) is 18.5. The first kappa shape index (κ1) is 27.5. The molecule has 1 aromatic heterocycles. The highest BCUT2D eigenvalue weighted by atomic mass is 32.2. The van der Waals surface area contributed by atoms with E-state index in [1.165, 1.54) is 13.4 Å². The number of hydrogen-bond acceptors (Lipinski definition) is 8. The number of sulfonamides is 1. The maximum atomic E-state index is 13.0. The second kappa shape index (κ2) is 10.8. The molecule has 3 N–H and O–H groups in total. The third kappa shape index (κ3) is 5.51. The Balaban J connectivity index is 1.22. The summed E-state index contributed by atoms with van der Waals surface area (Å²) in [6.07, 6.45) is 2.21. The van der Waals surface area contributed by atoms with E-state index >= 15 is 0 Å². The van der Waals surface area contributed by atoms with Crippen LogP contribution in [0.3, 0.4) is 0 Å². The number of carbonyl (C=O) groups excluding carboxylic acids is 3. The molecule has 3 aliphatic rings. The number of piperidine rings is 2. The molecule has 3 saturated heterocycles. The summed E-state index contributed by atoms with van der Waals surface area (Å²) in [4.78, 5) is 53.7. The first-order valence-corrected chi connectivity index (χ1v) is 15.0. The van der Waals surface area contributed by atoms with Crippen LogP contribution in [0.2, 0.25) is 0 Å². The Kier molecular flexibility index (Phi) is 7.64. The standard InChI is InChI=1S/C25H35N7O6S/c1-28-21-15-18(3-4-19(21)32(25(28)36)20-5-6-22(33)27-24(20)35)31-13-12-29(16-23(31)34)9-2-14-39(37,38)30-10-7-17(26)8-11-30/h3-4,15,17,20H,2,5-14,16,26H2,1H3,(H,27,33,35). The van der Waals surface area contributed by atoms with E-state index in [-0.39, 0.29) is 48.7 Å². The fourth-order valence-corrected chi connectivity index (χ4v) is 7.21. The number of fused-ring (bicyclic) bond motifs is 1. The molecule has 1 atom stereocenters. The van der Waals surface area contributed by atoms with Gasteiger partial charge in [0.2, 0.25) is 27.7 Å². The molecule has 0 radical (unpaired) electrons. The molecular weight excluding hydrogens is 526 g/mol. The van der Waals surface area contributed by atoms with Crippen molar-refractivity contribution >= 4 is 44.5 Å². The molecule has 0 saturated carbocycles. The zero-order chi connectivity index (χ0) is 27.9. The summed E-state index contributed by atoms with van der Waals surface area (Å²) in [6, 6.07) is 4.55.